The quantitative estimate of drug-likeness (QED) is 0.255. The van der Waals surface area contributed by atoms with Crippen LogP contribution in [0.25, 0.3) is 0 Å². The molecule has 10 heteroatoms. The molecule has 155 valence electrons. The SMILES string of the molecule is [CH2-]C1O[C@@H]2OC3C([CH2-])O[C@H](OCCCCCC1[C@@H](O)[C@@H]2O)[C@@H](O)[C@@H]3O.[W].[Y]. The summed E-state index contributed by atoms with van der Waals surface area (Å²) < 4.78 is 22.3. The van der Waals surface area contributed by atoms with Crippen molar-refractivity contribution in [2.75, 3.05) is 6.61 Å². The van der Waals surface area contributed by atoms with Gasteiger partial charge in [-0.15, -0.1) is 0 Å². The van der Waals surface area contributed by atoms with Crippen LogP contribution in [0, 0.1) is 19.8 Å². The molecule has 0 aromatic carbocycles. The average Bonchev–Trinajstić information content (AvgIpc) is 2.58. The van der Waals surface area contributed by atoms with E-state index in [0.717, 1.165) is 19.3 Å². The fraction of sp³-hybridized carbons (Fsp3) is 0.882. The molecule has 5 aliphatic heterocycles. The zero-order valence-corrected chi connectivity index (χ0v) is 20.9. The number of fused-ring (bicyclic) bond motifs is 2. The molecule has 4 bridgehead atoms. The predicted molar refractivity (Wildman–Crippen MR) is 84.8 cm³/mol. The second-order valence-electron chi connectivity index (χ2n) is 7.03. The summed E-state index contributed by atoms with van der Waals surface area (Å²) in [7, 11) is 0. The summed E-state index contributed by atoms with van der Waals surface area (Å²) in [5.41, 5.74) is 0. The third kappa shape index (κ3) is 6.01. The molecule has 10 atom stereocenters. The van der Waals surface area contributed by atoms with E-state index in [0.29, 0.717) is 13.0 Å². The molecular weight excluding hydrogens is 605 g/mol. The number of rotatable bonds is 0. The van der Waals surface area contributed by atoms with Gasteiger partial charge in [0.05, 0.1) is 12.2 Å². The Hall–Kier alpha value is 1.47. The van der Waals surface area contributed by atoms with Crippen molar-refractivity contribution in [3.8, 4) is 0 Å². The van der Waals surface area contributed by atoms with Crippen LogP contribution in [0.3, 0.4) is 0 Å². The van der Waals surface area contributed by atoms with Crippen molar-refractivity contribution in [3.63, 3.8) is 0 Å². The minimum absolute atomic E-state index is 0. The van der Waals surface area contributed by atoms with Gasteiger partial charge >= 0.3 is 0 Å². The molecule has 0 amide bonds. The summed E-state index contributed by atoms with van der Waals surface area (Å²) in [4.78, 5) is 0. The Bertz CT molecular complexity index is 447. The predicted octanol–water partition coefficient (Wildman–Crippen LogP) is -0.865. The Morgan fingerprint density at radius 2 is 1.33 bits per heavy atom. The first kappa shape index (κ1) is 26.5. The zero-order valence-electron chi connectivity index (χ0n) is 15.1. The standard InChI is InChI=1S/C17H28O8.W.Y/c1-8-10-6-4-3-5-7-22-16-14(21)12(19)15(9(2)24-16)25-17(23-8)13(20)11(10)18;;/h8-21H,1-7H2;;/q-2;;/t8?,9?,10?,11-,12+,13+,14+,15?,16+,17-;;/m1../s1. The van der Waals surface area contributed by atoms with Gasteiger partial charge in [0, 0.05) is 60.4 Å². The Balaban J connectivity index is 0.00000182. The van der Waals surface area contributed by atoms with E-state index in [1.165, 1.54) is 0 Å². The average molecular weight is 633 g/mol. The molecule has 5 heterocycles. The van der Waals surface area contributed by atoms with Crippen molar-refractivity contribution in [1.29, 1.82) is 0 Å². The number of hydrogen-bond acceptors (Lipinski definition) is 8. The topological polar surface area (TPSA) is 118 Å². The molecule has 5 fully saturated rings. The van der Waals surface area contributed by atoms with E-state index in [2.05, 4.69) is 13.8 Å². The Morgan fingerprint density at radius 3 is 2.04 bits per heavy atom. The minimum Gasteiger partial charge on any atom is -0.390 e. The van der Waals surface area contributed by atoms with E-state index in [9.17, 15) is 20.4 Å². The summed E-state index contributed by atoms with van der Waals surface area (Å²) in [5.74, 6) is -0.306. The number of hydrogen-bond donors (Lipinski definition) is 4. The van der Waals surface area contributed by atoms with Gasteiger partial charge in [0.1, 0.15) is 18.3 Å². The number of aliphatic hydroxyl groups is 4. The van der Waals surface area contributed by atoms with Crippen molar-refractivity contribution in [2.45, 2.75) is 81.0 Å². The van der Waals surface area contributed by atoms with Crippen LogP contribution in [0.4, 0.5) is 0 Å². The summed E-state index contributed by atoms with van der Waals surface area (Å²) in [5, 5.41) is 41.4. The molecule has 0 spiro atoms. The zero-order chi connectivity index (χ0) is 18.1. The van der Waals surface area contributed by atoms with Gasteiger partial charge in [-0.2, -0.15) is 0 Å². The normalized spacial score (nSPS) is 48.7. The first-order valence-electron chi connectivity index (χ1n) is 8.86. The van der Waals surface area contributed by atoms with E-state index in [-0.39, 0.29) is 59.7 Å². The fourth-order valence-electron chi connectivity index (χ4n) is 3.68. The molecule has 0 aromatic rings. The molecule has 0 aliphatic carbocycles. The van der Waals surface area contributed by atoms with Gasteiger partial charge in [-0.1, -0.05) is 18.9 Å². The first-order chi connectivity index (χ1) is 11.9. The Labute approximate surface area is 199 Å². The molecule has 27 heavy (non-hydrogen) atoms. The maximum Gasteiger partial charge on any atom is 0.184 e. The summed E-state index contributed by atoms with van der Waals surface area (Å²) >= 11 is 0. The third-order valence-electron chi connectivity index (χ3n) is 5.25. The van der Waals surface area contributed by atoms with Crippen molar-refractivity contribution in [2.24, 2.45) is 5.92 Å². The molecule has 5 aliphatic rings. The van der Waals surface area contributed by atoms with Gasteiger partial charge in [0.15, 0.2) is 12.6 Å². The van der Waals surface area contributed by atoms with E-state index in [1.807, 2.05) is 0 Å². The van der Waals surface area contributed by atoms with E-state index in [1.54, 1.807) is 0 Å². The van der Waals surface area contributed by atoms with E-state index >= 15 is 0 Å². The van der Waals surface area contributed by atoms with E-state index < -0.39 is 55.3 Å². The molecule has 1 radical (unpaired) electrons. The van der Waals surface area contributed by atoms with Crippen LogP contribution < -0.4 is 0 Å². The van der Waals surface area contributed by atoms with Gasteiger partial charge in [-0.25, -0.2) is 0 Å². The van der Waals surface area contributed by atoms with E-state index in [4.69, 9.17) is 18.9 Å². The van der Waals surface area contributed by atoms with Crippen LogP contribution >= 0.6 is 0 Å². The van der Waals surface area contributed by atoms with Crippen LogP contribution in [0.2, 0.25) is 0 Å². The van der Waals surface area contributed by atoms with Crippen molar-refractivity contribution >= 4 is 0 Å². The molecule has 8 nitrogen and oxygen atoms in total. The van der Waals surface area contributed by atoms with Gasteiger partial charge in [0.25, 0.3) is 0 Å². The Kier molecular flexibility index (Phi) is 11.5. The van der Waals surface area contributed by atoms with Gasteiger partial charge < -0.3 is 53.2 Å². The smallest absolute Gasteiger partial charge is 0.184 e. The summed E-state index contributed by atoms with van der Waals surface area (Å²) in [6.45, 7) is 8.07. The molecule has 4 unspecified atom stereocenters. The van der Waals surface area contributed by atoms with Gasteiger partial charge in [0.2, 0.25) is 0 Å². The van der Waals surface area contributed by atoms with Crippen LogP contribution in [0.1, 0.15) is 25.7 Å². The molecule has 5 saturated heterocycles. The van der Waals surface area contributed by atoms with Crippen molar-refractivity contribution < 1.29 is 93.1 Å². The van der Waals surface area contributed by atoms with Crippen LogP contribution in [-0.4, -0.2) is 82.3 Å². The maximum atomic E-state index is 10.4. The van der Waals surface area contributed by atoms with Crippen molar-refractivity contribution in [3.05, 3.63) is 13.8 Å². The van der Waals surface area contributed by atoms with Crippen molar-refractivity contribution in [1.82, 2.24) is 0 Å². The number of aliphatic hydroxyl groups excluding tert-OH is 4. The van der Waals surface area contributed by atoms with Gasteiger partial charge in [-0.3, -0.25) is 0 Å². The molecule has 0 saturated carbocycles. The third-order valence-corrected chi connectivity index (χ3v) is 5.25. The second-order valence-corrected chi connectivity index (χ2v) is 7.03. The van der Waals surface area contributed by atoms with Crippen LogP contribution in [0.5, 0.6) is 0 Å². The summed E-state index contributed by atoms with van der Waals surface area (Å²) in [6, 6.07) is 0. The van der Waals surface area contributed by atoms with Gasteiger partial charge in [-0.05, 0) is 24.9 Å². The molecule has 4 N–H and O–H groups in total. The summed E-state index contributed by atoms with van der Waals surface area (Å²) in [6.07, 6.45) is -6.58. The van der Waals surface area contributed by atoms with Crippen LogP contribution in [-0.2, 0) is 72.7 Å². The molecule has 0 aromatic heterocycles. The maximum absolute atomic E-state index is 10.4. The second kappa shape index (κ2) is 11.8. The fourth-order valence-corrected chi connectivity index (χ4v) is 3.68. The molecular formula is C17H28O8WY-2. The molecule has 5 rings (SSSR count). The minimum atomic E-state index is -1.33. The largest absolute Gasteiger partial charge is 0.390 e. The van der Waals surface area contributed by atoms with Crippen LogP contribution in [0.15, 0.2) is 0 Å². The number of ether oxygens (including phenoxy) is 4. The monoisotopic (exact) mass is 633 g/mol. The first-order valence-corrected chi connectivity index (χ1v) is 8.86. The Morgan fingerprint density at radius 1 is 0.704 bits per heavy atom.